The molecule has 3 heterocycles. The summed E-state index contributed by atoms with van der Waals surface area (Å²) in [5, 5.41) is 0.567. The number of ether oxygens (including phenoxy) is 2. The quantitative estimate of drug-likeness (QED) is 0.259. The Labute approximate surface area is 236 Å². The van der Waals surface area contributed by atoms with Crippen LogP contribution in [0, 0.1) is 0 Å². The molecule has 8 nitrogen and oxygen atoms in total. The molecule has 1 aliphatic rings. The number of thiazole rings is 1. The van der Waals surface area contributed by atoms with Crippen LogP contribution in [0.2, 0.25) is 0 Å². The molecule has 1 saturated heterocycles. The van der Waals surface area contributed by atoms with Crippen molar-refractivity contribution in [1.82, 2.24) is 14.5 Å². The number of hydrogen-bond donors (Lipinski definition) is 0. The SMILES string of the molecule is COc1ccc(Cn2c(C(C)(C)F)nc3sc(N4CCC[C@@H]4C(=O)CCc4ccccc4)nc3c2=O)c(OC)c1. The van der Waals surface area contributed by atoms with Crippen LogP contribution in [0.1, 0.15) is 50.1 Å². The molecule has 2 aromatic heterocycles. The van der Waals surface area contributed by atoms with E-state index in [-0.39, 0.29) is 29.7 Å². The van der Waals surface area contributed by atoms with E-state index in [1.54, 1.807) is 25.3 Å². The molecular formula is C30H33FN4O4S. The molecule has 1 fully saturated rings. The number of carbonyl (C=O) groups excluding carboxylic acids is 1. The van der Waals surface area contributed by atoms with Crippen molar-refractivity contribution < 1.29 is 18.7 Å². The van der Waals surface area contributed by atoms with Gasteiger partial charge in [-0.3, -0.25) is 14.2 Å². The number of aryl methyl sites for hydroxylation is 1. The van der Waals surface area contributed by atoms with Gasteiger partial charge in [0, 0.05) is 24.6 Å². The predicted molar refractivity (Wildman–Crippen MR) is 155 cm³/mol. The second-order valence-electron chi connectivity index (χ2n) is 10.4. The molecule has 5 rings (SSSR count). The van der Waals surface area contributed by atoms with Crippen LogP contribution in [0.5, 0.6) is 11.5 Å². The van der Waals surface area contributed by atoms with E-state index in [4.69, 9.17) is 9.47 Å². The molecule has 4 aromatic rings. The number of ketones is 1. The Kier molecular flexibility index (Phi) is 7.89. The zero-order chi connectivity index (χ0) is 28.4. The van der Waals surface area contributed by atoms with Crippen LogP contribution in [-0.2, 0) is 23.4 Å². The summed E-state index contributed by atoms with van der Waals surface area (Å²) in [7, 11) is 3.09. The molecule has 0 radical (unpaired) electrons. The lowest BCUT2D eigenvalue weighted by molar-refractivity contribution is -0.120. The highest BCUT2D eigenvalue weighted by Crippen LogP contribution is 2.34. The maximum absolute atomic E-state index is 15.4. The van der Waals surface area contributed by atoms with E-state index in [0.717, 1.165) is 18.4 Å². The van der Waals surface area contributed by atoms with Crippen molar-refractivity contribution in [1.29, 1.82) is 0 Å². The first-order valence-corrected chi connectivity index (χ1v) is 14.2. The summed E-state index contributed by atoms with van der Waals surface area (Å²) < 4.78 is 27.6. The minimum absolute atomic E-state index is 0.00924. The number of nitrogens with zero attached hydrogens (tertiary/aromatic N) is 4. The van der Waals surface area contributed by atoms with Crippen LogP contribution in [0.3, 0.4) is 0 Å². The molecule has 1 aliphatic heterocycles. The molecule has 0 amide bonds. The van der Waals surface area contributed by atoms with Gasteiger partial charge in [-0.2, -0.15) is 0 Å². The number of aromatic nitrogens is 3. The first-order valence-electron chi connectivity index (χ1n) is 13.3. The van der Waals surface area contributed by atoms with Crippen molar-refractivity contribution in [3.8, 4) is 11.5 Å². The second kappa shape index (κ2) is 11.4. The number of benzene rings is 2. The Morgan fingerprint density at radius 1 is 1.12 bits per heavy atom. The van der Waals surface area contributed by atoms with E-state index in [9.17, 15) is 9.59 Å². The fraction of sp³-hybridized carbons (Fsp3) is 0.400. The first-order chi connectivity index (χ1) is 19.2. The minimum Gasteiger partial charge on any atom is -0.497 e. The lowest BCUT2D eigenvalue weighted by Gasteiger charge is -2.22. The zero-order valence-corrected chi connectivity index (χ0v) is 24.0. The van der Waals surface area contributed by atoms with Crippen LogP contribution >= 0.6 is 11.3 Å². The smallest absolute Gasteiger partial charge is 0.281 e. The molecule has 0 aliphatic carbocycles. The minimum atomic E-state index is -1.89. The summed E-state index contributed by atoms with van der Waals surface area (Å²) in [4.78, 5) is 38.6. The largest absolute Gasteiger partial charge is 0.497 e. The predicted octanol–water partition coefficient (Wildman–Crippen LogP) is 5.29. The fourth-order valence-corrected chi connectivity index (χ4v) is 6.19. The molecule has 0 unspecified atom stereocenters. The Hall–Kier alpha value is -3.79. The van der Waals surface area contributed by atoms with E-state index >= 15 is 4.39 Å². The van der Waals surface area contributed by atoms with Gasteiger partial charge >= 0.3 is 0 Å². The van der Waals surface area contributed by atoms with Gasteiger partial charge in [-0.1, -0.05) is 41.7 Å². The summed E-state index contributed by atoms with van der Waals surface area (Å²) >= 11 is 1.23. The van der Waals surface area contributed by atoms with Crippen molar-refractivity contribution in [2.45, 2.75) is 57.8 Å². The summed E-state index contributed by atoms with van der Waals surface area (Å²) in [5.41, 5.74) is -0.350. The standard InChI is InChI=1S/C30H33FN4O4S/c1-30(2,31)28-33-26-25(27(37)35(28)18-20-13-14-21(38-3)17-24(20)39-4)32-29(40-26)34-16-8-11-22(34)23(36)15-12-19-9-6-5-7-10-19/h5-7,9-10,13-14,17,22H,8,11-12,15-16,18H2,1-4H3/t22-/m1/s1. The van der Waals surface area contributed by atoms with Crippen molar-refractivity contribution in [3.05, 3.63) is 75.8 Å². The number of fused-ring (bicyclic) bond motifs is 1. The molecule has 0 saturated carbocycles. The molecule has 0 spiro atoms. The maximum Gasteiger partial charge on any atom is 0.281 e. The van der Waals surface area contributed by atoms with Gasteiger partial charge in [-0.25, -0.2) is 14.4 Å². The number of hydrogen-bond acceptors (Lipinski definition) is 8. The highest BCUT2D eigenvalue weighted by Gasteiger charge is 2.34. The van der Waals surface area contributed by atoms with Crippen molar-refractivity contribution in [2.75, 3.05) is 25.7 Å². The lowest BCUT2D eigenvalue weighted by Crippen LogP contribution is -2.36. The summed E-state index contributed by atoms with van der Waals surface area (Å²) in [6.07, 6.45) is 2.71. The average molecular weight is 565 g/mol. The number of halogens is 1. The van der Waals surface area contributed by atoms with E-state index in [1.165, 1.54) is 36.9 Å². The van der Waals surface area contributed by atoms with Crippen LogP contribution in [0.15, 0.2) is 53.3 Å². The van der Waals surface area contributed by atoms with Crippen LogP contribution in [-0.4, -0.2) is 47.1 Å². The van der Waals surface area contributed by atoms with Crippen LogP contribution in [0.4, 0.5) is 9.52 Å². The normalized spacial score (nSPS) is 15.5. The molecule has 0 bridgehead atoms. The van der Waals surface area contributed by atoms with Crippen LogP contribution in [0.25, 0.3) is 10.3 Å². The third kappa shape index (κ3) is 5.58. The molecule has 2 aromatic carbocycles. The van der Waals surface area contributed by atoms with Gasteiger partial charge < -0.3 is 14.4 Å². The molecular weight excluding hydrogens is 531 g/mol. The zero-order valence-electron chi connectivity index (χ0n) is 23.1. The second-order valence-corrected chi connectivity index (χ2v) is 11.4. The lowest BCUT2D eigenvalue weighted by atomic mass is 10.0. The summed E-state index contributed by atoms with van der Waals surface area (Å²) in [6.45, 7) is 3.48. The molecule has 1 atom stereocenters. The topological polar surface area (TPSA) is 86.5 Å². The van der Waals surface area contributed by atoms with Crippen LogP contribution < -0.4 is 19.9 Å². The van der Waals surface area contributed by atoms with Gasteiger partial charge in [-0.15, -0.1) is 0 Å². The number of methoxy groups -OCH3 is 2. The van der Waals surface area contributed by atoms with Gasteiger partial charge in [0.15, 0.2) is 32.8 Å². The van der Waals surface area contributed by atoms with Gasteiger partial charge in [0.1, 0.15) is 11.5 Å². The summed E-state index contributed by atoms with van der Waals surface area (Å²) in [5.74, 6) is 1.29. The third-order valence-corrected chi connectivity index (χ3v) is 8.22. The van der Waals surface area contributed by atoms with Crippen molar-refractivity contribution in [2.24, 2.45) is 0 Å². The van der Waals surface area contributed by atoms with Gasteiger partial charge in [0.2, 0.25) is 0 Å². The van der Waals surface area contributed by atoms with E-state index in [1.807, 2.05) is 35.2 Å². The Morgan fingerprint density at radius 2 is 1.90 bits per heavy atom. The summed E-state index contributed by atoms with van der Waals surface area (Å²) in [6, 6.07) is 14.9. The molecule has 10 heteroatoms. The Morgan fingerprint density at radius 3 is 2.60 bits per heavy atom. The van der Waals surface area contributed by atoms with Gasteiger partial charge in [0.25, 0.3) is 5.56 Å². The number of rotatable bonds is 10. The molecule has 210 valence electrons. The van der Waals surface area contributed by atoms with E-state index < -0.39 is 11.2 Å². The number of anilines is 1. The fourth-order valence-electron chi connectivity index (χ4n) is 5.18. The Bertz CT molecular complexity index is 1580. The number of alkyl halides is 1. The third-order valence-electron chi connectivity index (χ3n) is 7.24. The monoisotopic (exact) mass is 564 g/mol. The highest BCUT2D eigenvalue weighted by molar-refractivity contribution is 7.21. The number of Topliss-reactive ketones (excluding diaryl/α,β-unsaturated/α-hetero) is 1. The van der Waals surface area contributed by atoms with Gasteiger partial charge in [-0.05, 0) is 50.8 Å². The molecule has 0 N–H and O–H groups in total. The van der Waals surface area contributed by atoms with Crippen molar-refractivity contribution >= 4 is 32.6 Å². The maximum atomic E-state index is 15.4. The highest BCUT2D eigenvalue weighted by atomic mass is 32.1. The first kappa shape index (κ1) is 27.8. The van der Waals surface area contributed by atoms with Crippen molar-refractivity contribution in [3.63, 3.8) is 0 Å². The van der Waals surface area contributed by atoms with E-state index in [2.05, 4.69) is 9.97 Å². The Balaban J connectivity index is 1.48. The van der Waals surface area contributed by atoms with Gasteiger partial charge in [0.05, 0.1) is 26.8 Å². The number of carbonyl (C=O) groups is 1. The molecule has 40 heavy (non-hydrogen) atoms. The van der Waals surface area contributed by atoms with E-state index in [0.29, 0.717) is 46.4 Å². The average Bonchev–Trinajstić information content (AvgIpc) is 3.61.